The Balaban J connectivity index is 1.68. The van der Waals surface area contributed by atoms with E-state index in [0.717, 1.165) is 33.1 Å². The second-order valence-corrected chi connectivity index (χ2v) is 6.98. The van der Waals surface area contributed by atoms with Crippen molar-refractivity contribution in [3.05, 3.63) is 36.7 Å². The normalized spacial score (nSPS) is 13.0. The SMILES string of the molecule is CC(C)NC(O)CCn1cc2c(N)nc3cc(-c4ccn[nH]4)ccc3c2n1. The van der Waals surface area contributed by atoms with Crippen LogP contribution in [0.1, 0.15) is 20.3 Å². The van der Waals surface area contributed by atoms with Crippen molar-refractivity contribution in [1.82, 2.24) is 30.3 Å². The van der Waals surface area contributed by atoms with Crippen LogP contribution in [0.15, 0.2) is 36.7 Å². The first-order valence-corrected chi connectivity index (χ1v) is 9.01. The lowest BCUT2D eigenvalue weighted by molar-refractivity contribution is 0.112. The van der Waals surface area contributed by atoms with Gasteiger partial charge in [-0.05, 0) is 32.0 Å². The van der Waals surface area contributed by atoms with Crippen molar-refractivity contribution in [2.24, 2.45) is 0 Å². The molecule has 0 bridgehead atoms. The number of nitrogen functional groups attached to an aromatic ring is 1. The summed E-state index contributed by atoms with van der Waals surface area (Å²) in [5.74, 6) is 0.450. The van der Waals surface area contributed by atoms with E-state index in [1.807, 2.05) is 49.0 Å². The molecule has 0 spiro atoms. The minimum Gasteiger partial charge on any atom is -0.383 e. The molecule has 1 aromatic carbocycles. The summed E-state index contributed by atoms with van der Waals surface area (Å²) in [4.78, 5) is 4.55. The average Bonchev–Trinajstić information content (AvgIpc) is 3.29. The molecule has 0 radical (unpaired) electrons. The minimum absolute atomic E-state index is 0.226. The second kappa shape index (κ2) is 6.98. The van der Waals surface area contributed by atoms with E-state index >= 15 is 0 Å². The van der Waals surface area contributed by atoms with Crippen molar-refractivity contribution in [2.75, 3.05) is 5.73 Å². The summed E-state index contributed by atoms with van der Waals surface area (Å²) in [5, 5.41) is 26.5. The number of nitrogens with zero attached hydrogens (tertiary/aromatic N) is 4. The van der Waals surface area contributed by atoms with Crippen molar-refractivity contribution in [3.8, 4) is 11.3 Å². The van der Waals surface area contributed by atoms with Gasteiger partial charge in [-0.1, -0.05) is 6.07 Å². The van der Waals surface area contributed by atoms with Crippen LogP contribution in [0, 0.1) is 0 Å². The maximum atomic E-state index is 10.0. The zero-order chi connectivity index (χ0) is 19.0. The number of aliphatic hydroxyl groups is 1. The highest BCUT2D eigenvalue weighted by Gasteiger charge is 2.13. The fourth-order valence-corrected chi connectivity index (χ4v) is 3.24. The lowest BCUT2D eigenvalue weighted by Crippen LogP contribution is -2.35. The first kappa shape index (κ1) is 17.4. The molecule has 1 atom stereocenters. The number of anilines is 1. The highest BCUT2D eigenvalue weighted by Crippen LogP contribution is 2.29. The Labute approximate surface area is 156 Å². The second-order valence-electron chi connectivity index (χ2n) is 6.98. The molecule has 3 aromatic heterocycles. The van der Waals surface area contributed by atoms with E-state index in [1.54, 1.807) is 6.20 Å². The molecule has 3 heterocycles. The van der Waals surface area contributed by atoms with Gasteiger partial charge in [0.2, 0.25) is 0 Å². The van der Waals surface area contributed by atoms with Gasteiger partial charge in [0.15, 0.2) is 0 Å². The molecule has 0 saturated heterocycles. The standard InChI is InChI=1S/C19H23N7O/c1-11(2)22-17(27)6-8-26-10-14-18(25-26)13-4-3-12(15-5-7-21-24-15)9-16(13)23-19(14)20/h3-5,7,9-11,17,22,27H,6,8H2,1-2H3,(H2,20,23)(H,21,24). The first-order chi connectivity index (χ1) is 13.0. The van der Waals surface area contributed by atoms with Gasteiger partial charge in [-0.25, -0.2) is 4.98 Å². The summed E-state index contributed by atoms with van der Waals surface area (Å²) in [6.07, 6.45) is 3.60. The van der Waals surface area contributed by atoms with Crippen molar-refractivity contribution in [2.45, 2.75) is 39.1 Å². The summed E-state index contributed by atoms with van der Waals surface area (Å²) in [6, 6.07) is 8.14. The van der Waals surface area contributed by atoms with Crippen molar-refractivity contribution in [3.63, 3.8) is 0 Å². The molecule has 4 rings (SSSR count). The third kappa shape index (κ3) is 3.49. The van der Waals surface area contributed by atoms with E-state index in [1.165, 1.54) is 0 Å². The Kier molecular flexibility index (Phi) is 4.51. The Morgan fingerprint density at radius 3 is 2.85 bits per heavy atom. The summed E-state index contributed by atoms with van der Waals surface area (Å²) >= 11 is 0. The molecule has 0 saturated carbocycles. The van der Waals surface area contributed by atoms with Gasteiger partial charge in [-0.3, -0.25) is 15.1 Å². The number of aromatic amines is 1. The zero-order valence-electron chi connectivity index (χ0n) is 15.3. The van der Waals surface area contributed by atoms with Crippen LogP contribution in [0.2, 0.25) is 0 Å². The molecule has 140 valence electrons. The van der Waals surface area contributed by atoms with Gasteiger partial charge in [0, 0.05) is 42.4 Å². The predicted octanol–water partition coefficient (Wildman–Crippen LogP) is 2.26. The fraction of sp³-hybridized carbons (Fsp3) is 0.316. The summed E-state index contributed by atoms with van der Waals surface area (Å²) < 4.78 is 1.82. The Morgan fingerprint density at radius 2 is 2.11 bits per heavy atom. The van der Waals surface area contributed by atoms with Crippen LogP contribution in [0.5, 0.6) is 0 Å². The topological polar surface area (TPSA) is 118 Å². The lowest BCUT2D eigenvalue weighted by atomic mass is 10.1. The number of fused-ring (bicyclic) bond motifs is 3. The number of benzene rings is 1. The molecule has 8 heteroatoms. The number of nitrogens with one attached hydrogen (secondary N) is 2. The monoisotopic (exact) mass is 365 g/mol. The van der Waals surface area contributed by atoms with Gasteiger partial charge < -0.3 is 10.8 Å². The third-order valence-corrected chi connectivity index (χ3v) is 4.50. The molecular weight excluding hydrogens is 342 g/mol. The first-order valence-electron chi connectivity index (χ1n) is 9.01. The molecule has 0 amide bonds. The molecule has 5 N–H and O–H groups in total. The number of aromatic nitrogens is 5. The van der Waals surface area contributed by atoms with Crippen LogP contribution in [-0.2, 0) is 6.54 Å². The number of hydrogen-bond donors (Lipinski definition) is 4. The number of H-pyrrole nitrogens is 1. The van der Waals surface area contributed by atoms with Gasteiger partial charge in [-0.15, -0.1) is 0 Å². The number of pyridine rings is 1. The summed E-state index contributed by atoms with van der Waals surface area (Å²) in [6.45, 7) is 4.59. The zero-order valence-corrected chi connectivity index (χ0v) is 15.3. The maximum absolute atomic E-state index is 10.0. The summed E-state index contributed by atoms with van der Waals surface area (Å²) in [5.41, 5.74) is 9.71. The van der Waals surface area contributed by atoms with Crippen molar-refractivity contribution < 1.29 is 5.11 Å². The molecule has 0 aliphatic rings. The van der Waals surface area contributed by atoms with Crippen LogP contribution < -0.4 is 11.1 Å². The van der Waals surface area contributed by atoms with Crippen LogP contribution >= 0.6 is 0 Å². The van der Waals surface area contributed by atoms with Crippen molar-refractivity contribution in [1.29, 1.82) is 0 Å². The van der Waals surface area contributed by atoms with Crippen molar-refractivity contribution >= 4 is 27.6 Å². The smallest absolute Gasteiger partial charge is 0.135 e. The Morgan fingerprint density at radius 1 is 1.26 bits per heavy atom. The number of rotatable bonds is 6. The highest BCUT2D eigenvalue weighted by molar-refractivity contribution is 6.08. The molecular formula is C19H23N7O. The Hall–Kier alpha value is -2.97. The van der Waals surface area contributed by atoms with Gasteiger partial charge in [0.1, 0.15) is 17.6 Å². The number of nitrogens with two attached hydrogens (primary N) is 1. The largest absolute Gasteiger partial charge is 0.383 e. The fourth-order valence-electron chi connectivity index (χ4n) is 3.24. The predicted molar refractivity (Wildman–Crippen MR) is 106 cm³/mol. The average molecular weight is 365 g/mol. The van der Waals surface area contributed by atoms with E-state index in [-0.39, 0.29) is 6.04 Å². The van der Waals surface area contributed by atoms with E-state index in [9.17, 15) is 5.11 Å². The van der Waals surface area contributed by atoms with E-state index in [0.29, 0.717) is 18.8 Å². The lowest BCUT2D eigenvalue weighted by Gasteiger charge is -2.15. The van der Waals surface area contributed by atoms with E-state index < -0.39 is 6.23 Å². The highest BCUT2D eigenvalue weighted by atomic mass is 16.3. The maximum Gasteiger partial charge on any atom is 0.135 e. The number of aliphatic hydroxyl groups excluding tert-OH is 1. The van der Waals surface area contributed by atoms with Gasteiger partial charge >= 0.3 is 0 Å². The van der Waals surface area contributed by atoms with Crippen LogP contribution in [0.3, 0.4) is 0 Å². The molecule has 0 aliphatic carbocycles. The Bertz CT molecular complexity index is 1070. The third-order valence-electron chi connectivity index (χ3n) is 4.50. The van der Waals surface area contributed by atoms with Gasteiger partial charge in [0.05, 0.1) is 16.6 Å². The number of hydrogen-bond acceptors (Lipinski definition) is 6. The molecule has 0 aliphatic heterocycles. The molecule has 0 fully saturated rings. The van der Waals surface area contributed by atoms with Crippen LogP contribution in [0.4, 0.5) is 5.82 Å². The van der Waals surface area contributed by atoms with Gasteiger partial charge in [0.25, 0.3) is 0 Å². The molecule has 8 nitrogen and oxygen atoms in total. The van der Waals surface area contributed by atoms with Crippen LogP contribution in [-0.4, -0.2) is 42.3 Å². The quantitative estimate of drug-likeness (QED) is 0.389. The van der Waals surface area contributed by atoms with E-state index in [4.69, 9.17) is 5.73 Å². The molecule has 27 heavy (non-hydrogen) atoms. The minimum atomic E-state index is -0.568. The molecule has 4 aromatic rings. The summed E-state index contributed by atoms with van der Waals surface area (Å²) in [7, 11) is 0. The number of aryl methyl sites for hydroxylation is 1. The molecule has 1 unspecified atom stereocenters. The van der Waals surface area contributed by atoms with Gasteiger partial charge in [-0.2, -0.15) is 10.2 Å². The van der Waals surface area contributed by atoms with Crippen LogP contribution in [0.25, 0.3) is 33.1 Å². The van der Waals surface area contributed by atoms with E-state index in [2.05, 4.69) is 25.6 Å².